The van der Waals surface area contributed by atoms with E-state index in [0.29, 0.717) is 31.5 Å². The van der Waals surface area contributed by atoms with Crippen LogP contribution in [0.5, 0.6) is 0 Å². The summed E-state index contributed by atoms with van der Waals surface area (Å²) in [4.78, 5) is 0. The van der Waals surface area contributed by atoms with E-state index in [9.17, 15) is 5.11 Å². The second kappa shape index (κ2) is 20.1. The third kappa shape index (κ3) is 11.5. The standard InChI is InChI=1S/C41H50N2O5S/c1-2-3-4-17-26-42-41(49)43-35-36(44)38(46-28-32-20-11-6-12-21-32)40(48-30-34-24-15-8-16-25-34)39(47-29-33-22-13-7-14-23-33)37(35)45-27-31-18-9-5-10-19-31/h5-16,18-25,35-40,44H,2-4,17,26-30H2,1H3,(H2,42,43,49). The molecule has 0 aliphatic heterocycles. The van der Waals surface area contributed by atoms with Crippen LogP contribution < -0.4 is 10.6 Å². The summed E-state index contributed by atoms with van der Waals surface area (Å²) >= 11 is 5.80. The fraction of sp³-hybridized carbons (Fsp3) is 0.390. The first-order valence-corrected chi connectivity index (χ1v) is 17.9. The maximum absolute atomic E-state index is 12.2. The molecule has 0 amide bonds. The third-order valence-corrected chi connectivity index (χ3v) is 9.05. The maximum Gasteiger partial charge on any atom is 0.166 e. The third-order valence-electron chi connectivity index (χ3n) is 8.78. The lowest BCUT2D eigenvalue weighted by Crippen LogP contribution is -2.70. The number of thiocarbonyl (C=S) groups is 1. The quantitative estimate of drug-likeness (QED) is 0.0757. The number of benzene rings is 4. The lowest BCUT2D eigenvalue weighted by Gasteiger charge is -2.49. The Morgan fingerprint density at radius 3 is 1.37 bits per heavy atom. The van der Waals surface area contributed by atoms with Crippen molar-refractivity contribution in [2.75, 3.05) is 6.54 Å². The molecule has 5 rings (SSSR count). The first-order valence-electron chi connectivity index (χ1n) is 17.5. The molecule has 1 saturated carbocycles. The van der Waals surface area contributed by atoms with E-state index in [0.717, 1.165) is 41.6 Å². The van der Waals surface area contributed by atoms with E-state index in [1.807, 2.05) is 121 Å². The van der Waals surface area contributed by atoms with Crippen LogP contribution in [0.4, 0.5) is 0 Å². The molecule has 6 atom stereocenters. The molecule has 1 aliphatic carbocycles. The lowest BCUT2D eigenvalue weighted by molar-refractivity contribution is -0.249. The summed E-state index contributed by atoms with van der Waals surface area (Å²) in [7, 11) is 0. The number of unbranched alkanes of at least 4 members (excludes halogenated alkanes) is 3. The van der Waals surface area contributed by atoms with Crippen molar-refractivity contribution in [3.63, 3.8) is 0 Å². The summed E-state index contributed by atoms with van der Waals surface area (Å²) in [6.07, 6.45) is 0.760. The first-order chi connectivity index (χ1) is 24.1. The predicted molar refractivity (Wildman–Crippen MR) is 198 cm³/mol. The highest BCUT2D eigenvalue weighted by molar-refractivity contribution is 7.80. The molecular weight excluding hydrogens is 633 g/mol. The van der Waals surface area contributed by atoms with Crippen molar-refractivity contribution in [1.29, 1.82) is 0 Å². The van der Waals surface area contributed by atoms with Crippen LogP contribution in [0.25, 0.3) is 0 Å². The molecule has 8 heteroatoms. The fourth-order valence-electron chi connectivity index (χ4n) is 6.13. The van der Waals surface area contributed by atoms with Crippen molar-refractivity contribution >= 4 is 17.3 Å². The molecule has 0 radical (unpaired) electrons. The molecule has 4 aromatic rings. The molecule has 260 valence electrons. The van der Waals surface area contributed by atoms with Crippen molar-refractivity contribution < 1.29 is 24.1 Å². The minimum absolute atomic E-state index is 0.293. The minimum atomic E-state index is -1.04. The van der Waals surface area contributed by atoms with Gasteiger partial charge in [0.15, 0.2) is 5.11 Å². The maximum atomic E-state index is 12.2. The zero-order chi connectivity index (χ0) is 34.1. The number of nitrogens with one attached hydrogen (secondary N) is 2. The van der Waals surface area contributed by atoms with Crippen molar-refractivity contribution in [3.05, 3.63) is 144 Å². The highest BCUT2D eigenvalue weighted by Gasteiger charge is 2.53. The summed E-state index contributed by atoms with van der Waals surface area (Å²) in [5, 5.41) is 19.5. The van der Waals surface area contributed by atoms with Gasteiger partial charge in [-0.05, 0) is 40.9 Å². The van der Waals surface area contributed by atoms with Crippen molar-refractivity contribution in [3.8, 4) is 0 Å². The number of hydrogen-bond donors (Lipinski definition) is 3. The number of ether oxygens (including phenoxy) is 4. The molecule has 0 saturated heterocycles. The van der Waals surface area contributed by atoms with E-state index < -0.39 is 36.6 Å². The van der Waals surface area contributed by atoms with Gasteiger partial charge in [-0.3, -0.25) is 0 Å². The van der Waals surface area contributed by atoms with Crippen LogP contribution in [0, 0.1) is 0 Å². The first kappa shape index (κ1) is 36.6. The van der Waals surface area contributed by atoms with Gasteiger partial charge in [0.25, 0.3) is 0 Å². The second-order valence-corrected chi connectivity index (χ2v) is 12.9. The lowest BCUT2D eigenvalue weighted by atomic mass is 9.82. The smallest absolute Gasteiger partial charge is 0.166 e. The predicted octanol–water partition coefficient (Wildman–Crippen LogP) is 7.12. The van der Waals surface area contributed by atoms with Crippen molar-refractivity contribution in [2.24, 2.45) is 0 Å². The van der Waals surface area contributed by atoms with Gasteiger partial charge < -0.3 is 34.7 Å². The summed E-state index contributed by atoms with van der Waals surface area (Å²) in [6, 6.07) is 39.4. The van der Waals surface area contributed by atoms with Crippen LogP contribution in [0.3, 0.4) is 0 Å². The Labute approximate surface area is 297 Å². The summed E-state index contributed by atoms with van der Waals surface area (Å²) in [5.74, 6) is 0. The number of hydrogen-bond acceptors (Lipinski definition) is 6. The topological polar surface area (TPSA) is 81.2 Å². The summed E-state index contributed by atoms with van der Waals surface area (Å²) < 4.78 is 26.8. The zero-order valence-electron chi connectivity index (χ0n) is 28.4. The SMILES string of the molecule is CCCCCCNC(=S)NC1C(O)C(OCc2ccccc2)C(OCc2ccccc2)C(OCc2ccccc2)C1OCc1ccccc1. The number of aliphatic hydroxyl groups is 1. The number of rotatable bonds is 18. The zero-order valence-corrected chi connectivity index (χ0v) is 29.2. The Bertz CT molecular complexity index is 1480. The van der Waals surface area contributed by atoms with E-state index >= 15 is 0 Å². The second-order valence-electron chi connectivity index (χ2n) is 12.5. The Morgan fingerprint density at radius 1 is 0.551 bits per heavy atom. The van der Waals surface area contributed by atoms with Gasteiger partial charge in [0.2, 0.25) is 0 Å². The van der Waals surface area contributed by atoms with Gasteiger partial charge in [-0.15, -0.1) is 0 Å². The van der Waals surface area contributed by atoms with Crippen LogP contribution in [0.2, 0.25) is 0 Å². The highest BCUT2D eigenvalue weighted by Crippen LogP contribution is 2.33. The Balaban J connectivity index is 1.47. The van der Waals surface area contributed by atoms with Crippen LogP contribution >= 0.6 is 12.2 Å². The molecule has 0 aromatic heterocycles. The van der Waals surface area contributed by atoms with E-state index in [1.54, 1.807) is 0 Å². The molecule has 49 heavy (non-hydrogen) atoms. The fourth-order valence-corrected chi connectivity index (χ4v) is 6.37. The van der Waals surface area contributed by atoms with Gasteiger partial charge in [0.05, 0.1) is 32.5 Å². The van der Waals surface area contributed by atoms with Crippen LogP contribution in [0.15, 0.2) is 121 Å². The molecule has 3 N–H and O–H groups in total. The number of aliphatic hydroxyl groups excluding tert-OH is 1. The molecule has 0 heterocycles. The molecule has 7 nitrogen and oxygen atoms in total. The van der Waals surface area contributed by atoms with E-state index in [-0.39, 0.29) is 0 Å². The van der Waals surface area contributed by atoms with E-state index in [1.165, 1.54) is 12.8 Å². The van der Waals surface area contributed by atoms with Gasteiger partial charge in [-0.1, -0.05) is 148 Å². The Hall–Kier alpha value is -3.63. The van der Waals surface area contributed by atoms with E-state index in [4.69, 9.17) is 31.2 Å². The van der Waals surface area contributed by atoms with Crippen molar-refractivity contribution in [2.45, 2.75) is 95.6 Å². The van der Waals surface area contributed by atoms with Crippen molar-refractivity contribution in [1.82, 2.24) is 10.6 Å². The Kier molecular flexibility index (Phi) is 15.1. The molecule has 6 unspecified atom stereocenters. The highest BCUT2D eigenvalue weighted by atomic mass is 32.1. The summed E-state index contributed by atoms with van der Waals surface area (Å²) in [5.41, 5.74) is 4.04. The average molecular weight is 683 g/mol. The van der Waals surface area contributed by atoms with Gasteiger partial charge >= 0.3 is 0 Å². The normalized spacial score (nSPS) is 22.0. The van der Waals surface area contributed by atoms with Gasteiger partial charge in [-0.25, -0.2) is 0 Å². The molecule has 0 spiro atoms. The van der Waals surface area contributed by atoms with Gasteiger partial charge in [0.1, 0.15) is 30.5 Å². The average Bonchev–Trinajstić information content (AvgIpc) is 3.15. The molecule has 1 fully saturated rings. The minimum Gasteiger partial charge on any atom is -0.388 e. The molecule has 4 aromatic carbocycles. The Morgan fingerprint density at radius 2 is 0.939 bits per heavy atom. The van der Waals surface area contributed by atoms with Gasteiger partial charge in [0, 0.05) is 6.54 Å². The molecule has 1 aliphatic rings. The van der Waals surface area contributed by atoms with Crippen LogP contribution in [-0.2, 0) is 45.4 Å². The van der Waals surface area contributed by atoms with Crippen LogP contribution in [-0.4, -0.2) is 53.3 Å². The molecular formula is C41H50N2O5S. The van der Waals surface area contributed by atoms with Crippen LogP contribution in [0.1, 0.15) is 54.9 Å². The monoisotopic (exact) mass is 682 g/mol. The van der Waals surface area contributed by atoms with E-state index in [2.05, 4.69) is 17.6 Å². The molecule has 0 bridgehead atoms. The summed E-state index contributed by atoms with van der Waals surface area (Å²) in [6.45, 7) is 4.20. The van der Waals surface area contributed by atoms with Gasteiger partial charge in [-0.2, -0.15) is 0 Å². The largest absolute Gasteiger partial charge is 0.388 e.